The molecule has 6 nitrogen and oxygen atoms in total. The number of ether oxygens (including phenoxy) is 2. The van der Waals surface area contributed by atoms with E-state index in [0.29, 0.717) is 31.1 Å². The van der Waals surface area contributed by atoms with E-state index in [4.69, 9.17) is 9.47 Å². The van der Waals surface area contributed by atoms with E-state index in [0.717, 1.165) is 36.3 Å². The molecule has 0 spiro atoms. The van der Waals surface area contributed by atoms with E-state index in [-0.39, 0.29) is 24.9 Å². The number of β-amino-alcohol motifs (C(OH)–C–C–N with tert-alkyl or cyclic N) is 1. The van der Waals surface area contributed by atoms with Crippen molar-refractivity contribution in [3.63, 3.8) is 0 Å². The molecule has 0 bridgehead atoms. The zero-order valence-corrected chi connectivity index (χ0v) is 18.8. The highest BCUT2D eigenvalue weighted by Crippen LogP contribution is 2.33. The number of aliphatic hydroxyl groups excluding tert-OH is 1. The Labute approximate surface area is 194 Å². The van der Waals surface area contributed by atoms with Crippen molar-refractivity contribution < 1.29 is 19.4 Å². The molecule has 2 aromatic rings. The van der Waals surface area contributed by atoms with Gasteiger partial charge in [0.2, 0.25) is 5.91 Å². The minimum Gasteiger partial charge on any atom is -0.487 e. The number of nitrogens with one attached hydrogen (secondary N) is 1. The molecule has 1 unspecified atom stereocenters. The summed E-state index contributed by atoms with van der Waals surface area (Å²) in [6.45, 7) is 6.40. The smallest absolute Gasteiger partial charge is 0.228 e. The summed E-state index contributed by atoms with van der Waals surface area (Å²) >= 11 is 0. The lowest BCUT2D eigenvalue weighted by molar-refractivity contribution is -0.115. The Morgan fingerprint density at radius 3 is 2.66 bits per heavy atom. The second-order valence-corrected chi connectivity index (χ2v) is 7.81. The number of fused-ring (bicyclic) bond motifs is 1. The van der Waals surface area contributed by atoms with Gasteiger partial charge >= 0.3 is 0 Å². The Bertz CT molecular complexity index is 992. The third-order valence-electron chi connectivity index (χ3n) is 5.53. The van der Waals surface area contributed by atoms with Crippen LogP contribution in [0.15, 0.2) is 61.2 Å². The fourth-order valence-corrected chi connectivity index (χ4v) is 4.05. The number of halogens is 1. The van der Waals surface area contributed by atoms with E-state index >= 15 is 0 Å². The highest BCUT2D eigenvalue weighted by atomic mass is 35.5. The van der Waals surface area contributed by atoms with E-state index < -0.39 is 6.10 Å². The molecule has 4 rings (SSSR count). The summed E-state index contributed by atoms with van der Waals surface area (Å²) in [7, 11) is 0. The Morgan fingerprint density at radius 1 is 1.16 bits per heavy atom. The lowest BCUT2D eigenvalue weighted by atomic mass is 9.93. The molecule has 0 saturated carbocycles. The van der Waals surface area contributed by atoms with Crippen LogP contribution in [0.2, 0.25) is 0 Å². The molecule has 170 valence electrons. The van der Waals surface area contributed by atoms with Crippen molar-refractivity contribution in [3.8, 4) is 11.5 Å². The van der Waals surface area contributed by atoms with E-state index in [1.165, 1.54) is 5.57 Å². The molecule has 2 aliphatic rings. The number of rotatable bonds is 9. The molecular formula is C25H29ClN2O4. The normalized spacial score (nSPS) is 16.3. The fourth-order valence-electron chi connectivity index (χ4n) is 4.05. The summed E-state index contributed by atoms with van der Waals surface area (Å²) in [6.07, 6.45) is 4.61. The number of nitrogens with zero attached hydrogens (tertiary/aromatic N) is 1. The van der Waals surface area contributed by atoms with Crippen LogP contribution in [0.4, 0.5) is 5.69 Å². The number of carbonyl (C=O) groups is 1. The molecule has 32 heavy (non-hydrogen) atoms. The molecule has 2 heterocycles. The Balaban J connectivity index is 0.00000289. The number of carbonyl (C=O) groups excluding carboxylic acids is 1. The van der Waals surface area contributed by atoms with E-state index in [2.05, 4.69) is 28.9 Å². The molecule has 0 fully saturated rings. The third-order valence-corrected chi connectivity index (χ3v) is 5.53. The van der Waals surface area contributed by atoms with E-state index in [1.807, 2.05) is 36.4 Å². The number of aliphatic hydroxyl groups is 1. The van der Waals surface area contributed by atoms with Gasteiger partial charge in [0.1, 0.15) is 19.3 Å². The zero-order valence-electron chi connectivity index (χ0n) is 18.0. The predicted molar refractivity (Wildman–Crippen MR) is 129 cm³/mol. The second kappa shape index (κ2) is 11.2. The van der Waals surface area contributed by atoms with Gasteiger partial charge in [0, 0.05) is 25.3 Å². The minimum atomic E-state index is -0.606. The number of amides is 1. The predicted octanol–water partition coefficient (Wildman–Crippen LogP) is 3.70. The first kappa shape index (κ1) is 23.9. The first-order valence-electron chi connectivity index (χ1n) is 10.6. The van der Waals surface area contributed by atoms with Crippen molar-refractivity contribution in [2.45, 2.75) is 18.9 Å². The Morgan fingerprint density at radius 2 is 1.94 bits per heavy atom. The molecule has 0 aromatic heterocycles. The number of benzene rings is 2. The summed E-state index contributed by atoms with van der Waals surface area (Å²) in [5.41, 5.74) is 4.45. The van der Waals surface area contributed by atoms with Gasteiger partial charge in [-0.15, -0.1) is 12.4 Å². The molecule has 1 amide bonds. The van der Waals surface area contributed by atoms with Crippen molar-refractivity contribution in [3.05, 3.63) is 72.3 Å². The van der Waals surface area contributed by atoms with Gasteiger partial charge in [0.25, 0.3) is 0 Å². The molecule has 2 N–H and O–H groups in total. The van der Waals surface area contributed by atoms with Gasteiger partial charge in [-0.05, 0) is 41.3 Å². The van der Waals surface area contributed by atoms with E-state index in [1.54, 1.807) is 6.08 Å². The Kier molecular flexibility index (Phi) is 8.33. The first-order valence-corrected chi connectivity index (χ1v) is 10.6. The van der Waals surface area contributed by atoms with Crippen LogP contribution in [0.5, 0.6) is 11.5 Å². The van der Waals surface area contributed by atoms with Crippen LogP contribution in [-0.2, 0) is 11.2 Å². The van der Waals surface area contributed by atoms with Crippen LogP contribution >= 0.6 is 12.4 Å². The van der Waals surface area contributed by atoms with Crippen molar-refractivity contribution in [2.24, 2.45) is 0 Å². The van der Waals surface area contributed by atoms with Gasteiger partial charge in [-0.2, -0.15) is 0 Å². The maximum Gasteiger partial charge on any atom is 0.228 e. The largest absolute Gasteiger partial charge is 0.487 e. The van der Waals surface area contributed by atoms with Crippen molar-refractivity contribution in [2.75, 3.05) is 38.2 Å². The van der Waals surface area contributed by atoms with Gasteiger partial charge in [0.05, 0.1) is 6.42 Å². The van der Waals surface area contributed by atoms with Crippen LogP contribution in [0.25, 0.3) is 5.57 Å². The molecular weight excluding hydrogens is 428 g/mol. The SMILES string of the molecule is C=CCOc1ccccc1OCC(O)CN1CC=C(c2cccc3c2CC(=O)N3)CC1.Cl. The van der Waals surface area contributed by atoms with Crippen molar-refractivity contribution in [1.29, 1.82) is 0 Å². The topological polar surface area (TPSA) is 71.0 Å². The second-order valence-electron chi connectivity index (χ2n) is 7.81. The van der Waals surface area contributed by atoms with Crippen LogP contribution in [-0.4, -0.2) is 54.9 Å². The molecule has 0 saturated heterocycles. The standard InChI is InChI=1S/C25H28N2O4.ClH/c1-2-14-30-23-8-3-4-9-24(23)31-17-19(28)16-27-12-10-18(11-13-27)20-6-5-7-22-21(20)15-25(29)26-22;/h2-10,19,28H,1,11-17H2,(H,26,29);1H. The average molecular weight is 457 g/mol. The molecule has 7 heteroatoms. The maximum absolute atomic E-state index is 11.8. The highest BCUT2D eigenvalue weighted by Gasteiger charge is 2.24. The molecule has 0 radical (unpaired) electrons. The van der Waals surface area contributed by atoms with Gasteiger partial charge in [-0.3, -0.25) is 9.69 Å². The first-order chi connectivity index (χ1) is 15.1. The maximum atomic E-state index is 11.8. The monoisotopic (exact) mass is 456 g/mol. The summed E-state index contributed by atoms with van der Waals surface area (Å²) in [5.74, 6) is 1.31. The van der Waals surface area contributed by atoms with Gasteiger partial charge in [0.15, 0.2) is 11.5 Å². The Hall–Kier alpha value is -2.80. The zero-order chi connectivity index (χ0) is 21.6. The molecule has 1 atom stereocenters. The number of hydrogen-bond donors (Lipinski definition) is 2. The third kappa shape index (κ3) is 5.71. The van der Waals surface area contributed by atoms with Crippen molar-refractivity contribution in [1.82, 2.24) is 4.90 Å². The van der Waals surface area contributed by atoms with Crippen LogP contribution in [0.1, 0.15) is 17.5 Å². The van der Waals surface area contributed by atoms with Gasteiger partial charge in [-0.25, -0.2) is 0 Å². The molecule has 0 aliphatic carbocycles. The number of anilines is 1. The summed E-state index contributed by atoms with van der Waals surface area (Å²) in [4.78, 5) is 14.0. The van der Waals surface area contributed by atoms with Crippen LogP contribution in [0, 0.1) is 0 Å². The summed E-state index contributed by atoms with van der Waals surface area (Å²) < 4.78 is 11.4. The highest BCUT2D eigenvalue weighted by molar-refractivity contribution is 6.01. The van der Waals surface area contributed by atoms with Gasteiger partial charge < -0.3 is 19.9 Å². The van der Waals surface area contributed by atoms with Gasteiger partial charge in [-0.1, -0.05) is 43.0 Å². The molecule has 2 aliphatic heterocycles. The summed E-state index contributed by atoms with van der Waals surface area (Å²) in [5, 5.41) is 13.4. The number of hydrogen-bond acceptors (Lipinski definition) is 5. The average Bonchev–Trinajstić information content (AvgIpc) is 3.17. The van der Waals surface area contributed by atoms with E-state index in [9.17, 15) is 9.90 Å². The minimum absolute atomic E-state index is 0. The lowest BCUT2D eigenvalue weighted by Gasteiger charge is -2.29. The lowest BCUT2D eigenvalue weighted by Crippen LogP contribution is -2.38. The quantitative estimate of drug-likeness (QED) is 0.563. The van der Waals surface area contributed by atoms with Crippen LogP contribution < -0.4 is 14.8 Å². The van der Waals surface area contributed by atoms with Crippen LogP contribution in [0.3, 0.4) is 0 Å². The fraction of sp³-hybridized carbons (Fsp3) is 0.320. The summed E-state index contributed by atoms with van der Waals surface area (Å²) in [6, 6.07) is 13.5. The van der Waals surface area contributed by atoms with Crippen molar-refractivity contribution >= 4 is 29.6 Å². The number of para-hydroxylation sites is 2. The molecule has 2 aromatic carbocycles.